The minimum absolute atomic E-state index is 0.0981. The fraction of sp³-hybridized carbons (Fsp3) is 0.391. The van der Waals surface area contributed by atoms with Crippen molar-refractivity contribution in [1.29, 1.82) is 0 Å². The first kappa shape index (κ1) is 20.7. The molecule has 0 bridgehead atoms. The summed E-state index contributed by atoms with van der Waals surface area (Å²) < 4.78 is 5.21. The topological polar surface area (TPSA) is 70.7 Å². The molecule has 1 heterocycles. The van der Waals surface area contributed by atoms with E-state index < -0.39 is 0 Å². The van der Waals surface area contributed by atoms with Crippen molar-refractivity contribution < 1.29 is 14.3 Å². The van der Waals surface area contributed by atoms with Crippen LogP contribution in [0.5, 0.6) is 5.75 Å². The summed E-state index contributed by atoms with van der Waals surface area (Å²) in [5.74, 6) is 1.07. The number of nitrogens with zero attached hydrogens (tertiary/aromatic N) is 1. The first-order valence-electron chi connectivity index (χ1n) is 10.1. The third-order valence-corrected chi connectivity index (χ3v) is 5.45. The van der Waals surface area contributed by atoms with Crippen LogP contribution in [0.25, 0.3) is 0 Å². The summed E-state index contributed by atoms with van der Waals surface area (Å²) in [6, 6.07) is 15.1. The van der Waals surface area contributed by atoms with Crippen LogP contribution in [-0.4, -0.2) is 43.1 Å². The third-order valence-electron chi connectivity index (χ3n) is 5.45. The maximum absolute atomic E-state index is 12.6. The maximum Gasteiger partial charge on any atom is 0.321 e. The minimum Gasteiger partial charge on any atom is -0.497 e. The van der Waals surface area contributed by atoms with Crippen LogP contribution < -0.4 is 15.4 Å². The second-order valence-electron chi connectivity index (χ2n) is 7.50. The zero-order valence-electron chi connectivity index (χ0n) is 17.3. The van der Waals surface area contributed by atoms with Crippen LogP contribution >= 0.6 is 0 Å². The molecular weight excluding hydrogens is 366 g/mol. The molecule has 3 rings (SSSR count). The average molecular weight is 396 g/mol. The standard InChI is InChI=1S/C23H29N3O3/c1-4-16(2)24-22(27)18-5-9-20(10-6-18)25-23(28)26-14-13-19(15-26)17-7-11-21(29-3)12-8-17/h5-12,16,19H,4,13-15H2,1-3H3,(H,24,27)(H,25,28). The van der Waals surface area contributed by atoms with Crippen molar-refractivity contribution >= 4 is 17.6 Å². The van der Waals surface area contributed by atoms with E-state index in [4.69, 9.17) is 4.74 Å². The highest BCUT2D eigenvalue weighted by molar-refractivity contribution is 5.95. The number of nitrogens with one attached hydrogen (secondary N) is 2. The van der Waals surface area contributed by atoms with E-state index in [1.807, 2.05) is 30.9 Å². The predicted molar refractivity (Wildman–Crippen MR) is 115 cm³/mol. The van der Waals surface area contributed by atoms with Crippen molar-refractivity contribution in [2.45, 2.75) is 38.6 Å². The van der Waals surface area contributed by atoms with Gasteiger partial charge in [-0.1, -0.05) is 19.1 Å². The SMILES string of the molecule is CCC(C)NC(=O)c1ccc(NC(=O)N2CCC(c3ccc(OC)cc3)C2)cc1. The molecule has 0 aliphatic carbocycles. The average Bonchev–Trinajstić information content (AvgIpc) is 3.24. The first-order valence-corrected chi connectivity index (χ1v) is 10.1. The Labute approximate surface area is 172 Å². The van der Waals surface area contributed by atoms with Crippen molar-refractivity contribution in [3.8, 4) is 5.75 Å². The third kappa shape index (κ3) is 5.28. The monoisotopic (exact) mass is 395 g/mol. The van der Waals surface area contributed by atoms with Crippen LogP contribution in [0, 0.1) is 0 Å². The summed E-state index contributed by atoms with van der Waals surface area (Å²) >= 11 is 0. The van der Waals surface area contributed by atoms with Crippen LogP contribution in [0.15, 0.2) is 48.5 Å². The molecule has 1 aliphatic rings. The Morgan fingerprint density at radius 2 is 1.83 bits per heavy atom. The van der Waals surface area contributed by atoms with E-state index >= 15 is 0 Å². The van der Waals surface area contributed by atoms with Crippen molar-refractivity contribution in [3.05, 3.63) is 59.7 Å². The van der Waals surface area contributed by atoms with Crippen LogP contribution in [0.2, 0.25) is 0 Å². The Bertz CT molecular complexity index is 833. The molecule has 2 N–H and O–H groups in total. The van der Waals surface area contributed by atoms with Gasteiger partial charge in [0.25, 0.3) is 5.91 Å². The fourth-order valence-corrected chi connectivity index (χ4v) is 3.41. The van der Waals surface area contributed by atoms with Gasteiger partial charge in [0.2, 0.25) is 0 Å². The van der Waals surface area contributed by atoms with Crippen LogP contribution in [0.3, 0.4) is 0 Å². The summed E-state index contributed by atoms with van der Waals surface area (Å²) in [5, 5.41) is 5.86. The maximum atomic E-state index is 12.6. The lowest BCUT2D eigenvalue weighted by molar-refractivity contribution is 0.0939. The number of rotatable bonds is 6. The van der Waals surface area contributed by atoms with E-state index in [1.54, 1.807) is 31.4 Å². The molecule has 6 nitrogen and oxygen atoms in total. The smallest absolute Gasteiger partial charge is 0.321 e. The number of likely N-dealkylation sites (tertiary alicyclic amines) is 1. The highest BCUT2D eigenvalue weighted by atomic mass is 16.5. The van der Waals surface area contributed by atoms with Gasteiger partial charge < -0.3 is 20.3 Å². The quantitative estimate of drug-likeness (QED) is 0.768. The molecule has 154 valence electrons. The highest BCUT2D eigenvalue weighted by Crippen LogP contribution is 2.28. The van der Waals surface area contributed by atoms with E-state index in [-0.39, 0.29) is 18.0 Å². The molecule has 2 aromatic carbocycles. The van der Waals surface area contributed by atoms with Gasteiger partial charge in [0.1, 0.15) is 5.75 Å². The van der Waals surface area contributed by atoms with Gasteiger partial charge in [-0.25, -0.2) is 4.79 Å². The summed E-state index contributed by atoms with van der Waals surface area (Å²) in [4.78, 5) is 26.6. The van der Waals surface area contributed by atoms with Crippen LogP contribution in [-0.2, 0) is 0 Å². The molecule has 0 radical (unpaired) electrons. The fourth-order valence-electron chi connectivity index (χ4n) is 3.41. The number of amides is 3. The van der Waals surface area contributed by atoms with E-state index in [1.165, 1.54) is 5.56 Å². The molecule has 0 saturated carbocycles. The lowest BCUT2D eigenvalue weighted by Gasteiger charge is -2.18. The van der Waals surface area contributed by atoms with Gasteiger partial charge in [0.05, 0.1) is 7.11 Å². The summed E-state index contributed by atoms with van der Waals surface area (Å²) in [6.07, 6.45) is 1.82. The normalized spacial score (nSPS) is 16.9. The van der Waals surface area contributed by atoms with E-state index in [0.29, 0.717) is 23.7 Å². The van der Waals surface area contributed by atoms with Crippen LogP contribution in [0.1, 0.15) is 48.5 Å². The molecule has 0 spiro atoms. The van der Waals surface area contributed by atoms with Gasteiger partial charge >= 0.3 is 6.03 Å². The lowest BCUT2D eigenvalue weighted by atomic mass is 9.98. The number of carbonyl (C=O) groups excluding carboxylic acids is 2. The minimum atomic E-state index is -0.113. The number of anilines is 1. The zero-order chi connectivity index (χ0) is 20.8. The number of hydrogen-bond acceptors (Lipinski definition) is 3. The molecule has 0 aromatic heterocycles. The number of ether oxygens (including phenoxy) is 1. The number of benzene rings is 2. The molecule has 3 amide bonds. The van der Waals surface area contributed by atoms with Gasteiger partial charge in [-0.15, -0.1) is 0 Å². The number of urea groups is 1. The van der Waals surface area contributed by atoms with Gasteiger partial charge in [0.15, 0.2) is 0 Å². The van der Waals surface area contributed by atoms with Crippen molar-refractivity contribution in [2.24, 2.45) is 0 Å². The molecule has 1 saturated heterocycles. The number of hydrogen-bond donors (Lipinski definition) is 2. The number of methoxy groups -OCH3 is 1. The summed E-state index contributed by atoms with van der Waals surface area (Å²) in [5.41, 5.74) is 2.49. The van der Waals surface area contributed by atoms with Gasteiger partial charge in [-0.05, 0) is 61.7 Å². The molecule has 1 aliphatic heterocycles. The predicted octanol–water partition coefficient (Wildman–Crippen LogP) is 4.24. The molecular formula is C23H29N3O3. The molecule has 2 atom stereocenters. The van der Waals surface area contributed by atoms with E-state index in [0.717, 1.165) is 25.1 Å². The second-order valence-corrected chi connectivity index (χ2v) is 7.50. The molecule has 1 fully saturated rings. The van der Waals surface area contributed by atoms with Crippen molar-refractivity contribution in [2.75, 3.05) is 25.5 Å². The Balaban J connectivity index is 1.54. The lowest BCUT2D eigenvalue weighted by Crippen LogP contribution is -2.33. The summed E-state index contributed by atoms with van der Waals surface area (Å²) in [6.45, 7) is 5.41. The van der Waals surface area contributed by atoms with Crippen molar-refractivity contribution in [1.82, 2.24) is 10.2 Å². The molecule has 2 unspecified atom stereocenters. The Hall–Kier alpha value is -3.02. The zero-order valence-corrected chi connectivity index (χ0v) is 17.3. The van der Waals surface area contributed by atoms with Crippen molar-refractivity contribution in [3.63, 3.8) is 0 Å². The largest absolute Gasteiger partial charge is 0.497 e. The highest BCUT2D eigenvalue weighted by Gasteiger charge is 2.27. The molecule has 29 heavy (non-hydrogen) atoms. The Morgan fingerprint density at radius 3 is 2.45 bits per heavy atom. The van der Waals surface area contributed by atoms with Crippen LogP contribution in [0.4, 0.5) is 10.5 Å². The number of carbonyl (C=O) groups is 2. The Kier molecular flexibility index (Phi) is 6.75. The van der Waals surface area contributed by atoms with E-state index in [9.17, 15) is 9.59 Å². The van der Waals surface area contributed by atoms with Gasteiger partial charge in [0, 0.05) is 36.3 Å². The second kappa shape index (κ2) is 9.45. The van der Waals surface area contributed by atoms with Gasteiger partial charge in [-0.3, -0.25) is 4.79 Å². The Morgan fingerprint density at radius 1 is 1.14 bits per heavy atom. The first-order chi connectivity index (χ1) is 14.0. The summed E-state index contributed by atoms with van der Waals surface area (Å²) in [7, 11) is 1.65. The molecule has 2 aromatic rings. The molecule has 6 heteroatoms. The van der Waals surface area contributed by atoms with Gasteiger partial charge in [-0.2, -0.15) is 0 Å². The van der Waals surface area contributed by atoms with E-state index in [2.05, 4.69) is 22.8 Å².